The average Bonchev–Trinajstić information content (AvgIpc) is 3.04. The van der Waals surface area contributed by atoms with Crippen LogP contribution in [0.5, 0.6) is 0 Å². The maximum absolute atomic E-state index is 15.5. The van der Waals surface area contributed by atoms with Crippen molar-refractivity contribution in [3.05, 3.63) is 39.7 Å². The monoisotopic (exact) mass is 379 g/mol. The van der Waals surface area contributed by atoms with Crippen LogP contribution >= 0.6 is 0 Å². The first-order valence-electron chi connectivity index (χ1n) is 8.72. The number of carboxylic acids is 1. The van der Waals surface area contributed by atoms with E-state index in [9.17, 15) is 19.1 Å². The summed E-state index contributed by atoms with van der Waals surface area (Å²) in [5.74, 6) is -3.15. The quantitative estimate of drug-likeness (QED) is 0.834. The number of hydrogen-bond donors (Lipinski definition) is 2. The Hall–Kier alpha value is -2.52. The zero-order valence-electron chi connectivity index (χ0n) is 14.7. The molecular weight excluding hydrogens is 360 g/mol. The predicted octanol–water partition coefficient (Wildman–Crippen LogP) is 1.35. The van der Waals surface area contributed by atoms with E-state index in [2.05, 4.69) is 5.32 Å². The number of aromatic nitrogens is 1. The lowest BCUT2D eigenvalue weighted by molar-refractivity contribution is -0.0219. The Morgan fingerprint density at radius 1 is 1.37 bits per heavy atom. The number of fused-ring (bicyclic) bond motifs is 1. The molecule has 4 rings (SSSR count). The highest BCUT2D eigenvalue weighted by molar-refractivity contribution is 5.94. The van der Waals surface area contributed by atoms with E-state index < -0.39 is 28.6 Å². The summed E-state index contributed by atoms with van der Waals surface area (Å²) in [4.78, 5) is 25.5. The third kappa shape index (κ3) is 2.78. The van der Waals surface area contributed by atoms with Gasteiger partial charge in [-0.25, -0.2) is 13.6 Å². The number of nitrogens with zero attached hydrogens (tertiary/aromatic N) is 2. The standard InChI is InChI=1S/C18H19F2N3O4/c1-21-9-2-3-22(5-9)16-13(19)4-11-15(14(16)20)23(10-7-27-8-10)6-12(17(11)24)18(25)26/h4,6,9-10,21H,2-3,5,7-8H2,1H3,(H,25,26). The maximum Gasteiger partial charge on any atom is 0.341 e. The van der Waals surface area contributed by atoms with Crippen LogP contribution in [0.1, 0.15) is 22.8 Å². The van der Waals surface area contributed by atoms with Crippen molar-refractivity contribution in [3.63, 3.8) is 0 Å². The number of hydrogen-bond acceptors (Lipinski definition) is 5. The number of halogens is 2. The lowest BCUT2D eigenvalue weighted by atomic mass is 10.1. The highest BCUT2D eigenvalue weighted by Gasteiger charge is 2.31. The van der Waals surface area contributed by atoms with Gasteiger partial charge in [-0.1, -0.05) is 0 Å². The van der Waals surface area contributed by atoms with E-state index in [1.165, 1.54) is 4.57 Å². The molecule has 2 N–H and O–H groups in total. The number of benzene rings is 1. The fourth-order valence-corrected chi connectivity index (χ4v) is 3.74. The van der Waals surface area contributed by atoms with Gasteiger partial charge in [-0.3, -0.25) is 4.79 Å². The van der Waals surface area contributed by atoms with Crippen LogP contribution in [0.15, 0.2) is 17.1 Å². The van der Waals surface area contributed by atoms with Crippen molar-refractivity contribution in [1.29, 1.82) is 0 Å². The summed E-state index contributed by atoms with van der Waals surface area (Å²) in [6.45, 7) is 1.47. The van der Waals surface area contributed by atoms with Crippen molar-refractivity contribution < 1.29 is 23.4 Å². The molecule has 1 unspecified atom stereocenters. The summed E-state index contributed by atoms with van der Waals surface area (Å²) in [5.41, 5.74) is -1.68. The van der Waals surface area contributed by atoms with E-state index in [-0.39, 0.29) is 41.9 Å². The zero-order valence-corrected chi connectivity index (χ0v) is 14.7. The minimum Gasteiger partial charge on any atom is -0.477 e. The minimum absolute atomic E-state index is 0.0809. The number of rotatable bonds is 4. The van der Waals surface area contributed by atoms with E-state index in [0.29, 0.717) is 13.1 Å². The normalized spacial score (nSPS) is 20.3. The van der Waals surface area contributed by atoms with E-state index in [1.807, 2.05) is 0 Å². The molecule has 1 atom stereocenters. The van der Waals surface area contributed by atoms with Gasteiger partial charge in [0.2, 0.25) is 5.43 Å². The van der Waals surface area contributed by atoms with E-state index in [0.717, 1.165) is 18.7 Å². The van der Waals surface area contributed by atoms with Crippen molar-refractivity contribution >= 4 is 22.6 Å². The third-order valence-corrected chi connectivity index (χ3v) is 5.34. The molecule has 0 bridgehead atoms. The molecule has 2 aromatic rings. The number of carboxylic acid groups (broad SMARTS) is 1. The van der Waals surface area contributed by atoms with E-state index in [1.54, 1.807) is 11.9 Å². The van der Waals surface area contributed by atoms with Crippen LogP contribution in [0.25, 0.3) is 10.9 Å². The number of likely N-dealkylation sites (N-methyl/N-ethyl adjacent to an activating group) is 1. The molecule has 0 radical (unpaired) electrons. The molecule has 27 heavy (non-hydrogen) atoms. The topological polar surface area (TPSA) is 83.8 Å². The van der Waals surface area contributed by atoms with Gasteiger partial charge in [-0.2, -0.15) is 0 Å². The number of nitrogens with one attached hydrogen (secondary N) is 1. The summed E-state index contributed by atoms with van der Waals surface area (Å²) in [5, 5.41) is 12.1. The molecule has 9 heteroatoms. The molecule has 2 aliphatic rings. The van der Waals surface area contributed by atoms with Gasteiger partial charge in [-0.05, 0) is 19.5 Å². The first-order valence-corrected chi connectivity index (χ1v) is 8.72. The zero-order chi connectivity index (χ0) is 19.3. The van der Waals surface area contributed by atoms with Crippen molar-refractivity contribution in [2.24, 2.45) is 0 Å². The molecule has 2 aliphatic heterocycles. The Morgan fingerprint density at radius 2 is 2.11 bits per heavy atom. The molecule has 0 saturated carbocycles. The third-order valence-electron chi connectivity index (χ3n) is 5.34. The van der Waals surface area contributed by atoms with Crippen LogP contribution in [0.4, 0.5) is 14.5 Å². The molecule has 2 fully saturated rings. The van der Waals surface area contributed by atoms with E-state index >= 15 is 4.39 Å². The second kappa shape index (κ2) is 6.58. The summed E-state index contributed by atoms with van der Waals surface area (Å²) in [6, 6.07) is 0.768. The van der Waals surface area contributed by atoms with Crippen LogP contribution < -0.4 is 15.6 Å². The molecule has 1 aromatic carbocycles. The predicted molar refractivity (Wildman–Crippen MR) is 94.6 cm³/mol. The molecule has 144 valence electrons. The van der Waals surface area contributed by atoms with Crippen molar-refractivity contribution in [2.45, 2.75) is 18.5 Å². The Labute approximate surface area is 153 Å². The van der Waals surface area contributed by atoms with Crippen LogP contribution in [0, 0.1) is 11.6 Å². The largest absolute Gasteiger partial charge is 0.477 e. The molecule has 1 aromatic heterocycles. The summed E-state index contributed by atoms with van der Waals surface area (Å²) < 4.78 is 36.8. The summed E-state index contributed by atoms with van der Waals surface area (Å²) >= 11 is 0. The smallest absolute Gasteiger partial charge is 0.341 e. The number of pyridine rings is 1. The lowest BCUT2D eigenvalue weighted by Gasteiger charge is -2.31. The van der Waals surface area contributed by atoms with Gasteiger partial charge in [0.05, 0.1) is 30.2 Å². The Bertz CT molecular complexity index is 987. The molecule has 7 nitrogen and oxygen atoms in total. The SMILES string of the molecule is CNC1CCN(c2c(F)cc3c(=O)c(C(=O)O)cn(C4COC4)c3c2F)C1. The molecule has 0 spiro atoms. The highest BCUT2D eigenvalue weighted by Crippen LogP contribution is 2.34. The van der Waals surface area contributed by atoms with Crippen molar-refractivity contribution in [2.75, 3.05) is 38.3 Å². The molecule has 0 aliphatic carbocycles. The Kier molecular flexibility index (Phi) is 4.35. The summed E-state index contributed by atoms with van der Waals surface area (Å²) in [7, 11) is 1.79. The second-order valence-electron chi connectivity index (χ2n) is 6.91. The fraction of sp³-hybridized carbons (Fsp3) is 0.444. The lowest BCUT2D eigenvalue weighted by Crippen LogP contribution is -2.34. The maximum atomic E-state index is 15.5. The van der Waals surface area contributed by atoms with Crippen molar-refractivity contribution in [3.8, 4) is 0 Å². The Morgan fingerprint density at radius 3 is 2.67 bits per heavy atom. The number of ether oxygens (including phenoxy) is 1. The van der Waals surface area contributed by atoms with Gasteiger partial charge in [0.15, 0.2) is 5.82 Å². The van der Waals surface area contributed by atoms with Crippen molar-refractivity contribution in [1.82, 2.24) is 9.88 Å². The average molecular weight is 379 g/mol. The van der Waals surface area contributed by atoms with Crippen LogP contribution in [0.3, 0.4) is 0 Å². The van der Waals surface area contributed by atoms with Gasteiger partial charge >= 0.3 is 5.97 Å². The van der Waals surface area contributed by atoms with Gasteiger partial charge in [0.25, 0.3) is 0 Å². The number of carbonyl (C=O) groups is 1. The van der Waals surface area contributed by atoms with Crippen LogP contribution in [0.2, 0.25) is 0 Å². The molecular formula is C18H19F2N3O4. The van der Waals surface area contributed by atoms with Gasteiger partial charge in [0, 0.05) is 25.3 Å². The number of anilines is 1. The second-order valence-corrected chi connectivity index (χ2v) is 6.91. The van der Waals surface area contributed by atoms with Crippen LogP contribution in [-0.4, -0.2) is 55.0 Å². The summed E-state index contributed by atoms with van der Waals surface area (Å²) in [6.07, 6.45) is 1.87. The minimum atomic E-state index is -1.43. The first-order chi connectivity index (χ1) is 12.9. The molecule has 2 saturated heterocycles. The highest BCUT2D eigenvalue weighted by atomic mass is 19.1. The first kappa shape index (κ1) is 17.9. The van der Waals surface area contributed by atoms with Crippen LogP contribution in [-0.2, 0) is 4.74 Å². The van der Waals surface area contributed by atoms with Gasteiger partial charge < -0.3 is 24.6 Å². The van der Waals surface area contributed by atoms with Gasteiger partial charge in [0.1, 0.15) is 17.1 Å². The van der Waals surface area contributed by atoms with E-state index in [4.69, 9.17) is 4.74 Å². The Balaban J connectivity index is 1.97. The molecule has 0 amide bonds. The number of aromatic carboxylic acids is 1. The van der Waals surface area contributed by atoms with Gasteiger partial charge in [-0.15, -0.1) is 0 Å². The molecule has 3 heterocycles. The fourth-order valence-electron chi connectivity index (χ4n) is 3.74.